The first-order chi connectivity index (χ1) is 9.19. The van der Waals surface area contributed by atoms with E-state index in [1.807, 2.05) is 6.92 Å². The van der Waals surface area contributed by atoms with Crippen LogP contribution in [0.25, 0.3) is 0 Å². The first-order valence-electron chi connectivity index (χ1n) is 6.80. The van der Waals surface area contributed by atoms with E-state index in [-0.39, 0.29) is 17.9 Å². The number of aromatic nitrogens is 2. The first kappa shape index (κ1) is 14.0. The molecule has 0 bridgehead atoms. The molecule has 1 N–H and O–H groups in total. The fraction of sp³-hybridized carbons (Fsp3) is 0.769. The van der Waals surface area contributed by atoms with Crippen molar-refractivity contribution in [3.8, 4) is 0 Å². The zero-order chi connectivity index (χ0) is 13.7. The topological polar surface area (TPSA) is 77.3 Å². The summed E-state index contributed by atoms with van der Waals surface area (Å²) in [6, 6.07) is 0.00365. The Hall–Kier alpha value is -1.43. The van der Waals surface area contributed by atoms with Crippen LogP contribution in [-0.2, 0) is 22.6 Å². The van der Waals surface area contributed by atoms with Gasteiger partial charge in [0.25, 0.3) is 0 Å². The fourth-order valence-electron chi connectivity index (χ4n) is 2.42. The van der Waals surface area contributed by atoms with Crippen LogP contribution < -0.4 is 5.32 Å². The number of hydrogen-bond acceptors (Lipinski definition) is 5. The van der Waals surface area contributed by atoms with Gasteiger partial charge in [0, 0.05) is 25.5 Å². The molecule has 2 rings (SSSR count). The van der Waals surface area contributed by atoms with Crippen LogP contribution in [0, 0.1) is 5.92 Å². The van der Waals surface area contributed by atoms with Gasteiger partial charge in [-0.15, -0.1) is 0 Å². The summed E-state index contributed by atoms with van der Waals surface area (Å²) in [6.07, 6.45) is 4.90. The van der Waals surface area contributed by atoms with Gasteiger partial charge < -0.3 is 14.6 Å². The van der Waals surface area contributed by atoms with Gasteiger partial charge in [-0.05, 0) is 19.8 Å². The molecule has 0 spiro atoms. The van der Waals surface area contributed by atoms with E-state index in [2.05, 4.69) is 15.5 Å². The number of nitrogens with one attached hydrogen (secondary N) is 1. The molecule has 1 aromatic heterocycles. The molecule has 0 aliphatic heterocycles. The lowest BCUT2D eigenvalue weighted by Gasteiger charge is -2.15. The zero-order valence-electron chi connectivity index (χ0n) is 11.5. The molecule has 1 aliphatic carbocycles. The Morgan fingerprint density at radius 2 is 2.26 bits per heavy atom. The molecule has 0 aromatic carbocycles. The van der Waals surface area contributed by atoms with Crippen molar-refractivity contribution in [2.75, 3.05) is 7.11 Å². The summed E-state index contributed by atoms with van der Waals surface area (Å²) in [5.41, 5.74) is 0. The SMILES string of the molecule is COCc1noc(C[C@H](C)NC(=O)C2CCCC2)n1. The number of carbonyl (C=O) groups is 1. The van der Waals surface area contributed by atoms with Crippen LogP contribution >= 0.6 is 0 Å². The normalized spacial score (nSPS) is 17.6. The summed E-state index contributed by atoms with van der Waals surface area (Å²) in [5, 5.41) is 6.81. The molecule has 19 heavy (non-hydrogen) atoms. The number of carbonyl (C=O) groups excluding carboxylic acids is 1. The molecular formula is C13H21N3O3. The summed E-state index contributed by atoms with van der Waals surface area (Å²) in [6.45, 7) is 2.29. The van der Waals surface area contributed by atoms with Gasteiger partial charge in [0.05, 0.1) is 0 Å². The summed E-state index contributed by atoms with van der Waals surface area (Å²) in [7, 11) is 1.58. The van der Waals surface area contributed by atoms with Crippen LogP contribution in [0.15, 0.2) is 4.52 Å². The average molecular weight is 267 g/mol. The van der Waals surface area contributed by atoms with Crippen LogP contribution in [0.4, 0.5) is 0 Å². The maximum Gasteiger partial charge on any atom is 0.228 e. The molecule has 1 saturated carbocycles. The van der Waals surface area contributed by atoms with Gasteiger partial charge in [-0.25, -0.2) is 0 Å². The van der Waals surface area contributed by atoms with Crippen LogP contribution in [0.2, 0.25) is 0 Å². The van der Waals surface area contributed by atoms with Crippen molar-refractivity contribution >= 4 is 5.91 Å². The summed E-state index contributed by atoms with van der Waals surface area (Å²) < 4.78 is 10.0. The van der Waals surface area contributed by atoms with Crippen LogP contribution in [0.1, 0.15) is 44.3 Å². The highest BCUT2D eigenvalue weighted by Gasteiger charge is 2.24. The van der Waals surface area contributed by atoms with Gasteiger partial charge in [0.1, 0.15) is 6.61 Å². The molecule has 0 saturated heterocycles. The van der Waals surface area contributed by atoms with Crippen molar-refractivity contribution in [1.82, 2.24) is 15.5 Å². The van der Waals surface area contributed by atoms with Crippen molar-refractivity contribution < 1.29 is 14.1 Å². The van der Waals surface area contributed by atoms with Crippen molar-refractivity contribution in [3.05, 3.63) is 11.7 Å². The van der Waals surface area contributed by atoms with E-state index in [9.17, 15) is 4.79 Å². The van der Waals surface area contributed by atoms with Gasteiger partial charge >= 0.3 is 0 Å². The second kappa shape index (κ2) is 6.65. The average Bonchev–Trinajstić information content (AvgIpc) is 3.00. The minimum Gasteiger partial charge on any atom is -0.377 e. The third-order valence-corrected chi connectivity index (χ3v) is 3.38. The van der Waals surface area contributed by atoms with Gasteiger partial charge in [0.2, 0.25) is 11.8 Å². The van der Waals surface area contributed by atoms with Crippen molar-refractivity contribution in [3.63, 3.8) is 0 Å². The van der Waals surface area contributed by atoms with Crippen molar-refractivity contribution in [1.29, 1.82) is 0 Å². The van der Waals surface area contributed by atoms with E-state index >= 15 is 0 Å². The summed E-state index contributed by atoms with van der Waals surface area (Å²) in [4.78, 5) is 16.1. The molecule has 1 fully saturated rings. The predicted molar refractivity (Wildman–Crippen MR) is 68.3 cm³/mol. The fourth-order valence-corrected chi connectivity index (χ4v) is 2.42. The van der Waals surface area contributed by atoms with Gasteiger partial charge in [-0.1, -0.05) is 18.0 Å². The molecule has 0 unspecified atom stereocenters. The Kier molecular flexibility index (Phi) is 4.90. The quantitative estimate of drug-likeness (QED) is 0.844. The summed E-state index contributed by atoms with van der Waals surface area (Å²) >= 11 is 0. The summed E-state index contributed by atoms with van der Waals surface area (Å²) in [5.74, 6) is 1.41. The van der Waals surface area contributed by atoms with E-state index in [0.717, 1.165) is 25.7 Å². The second-order valence-electron chi connectivity index (χ2n) is 5.13. The monoisotopic (exact) mass is 267 g/mol. The van der Waals surface area contributed by atoms with Crippen molar-refractivity contribution in [2.24, 2.45) is 5.92 Å². The van der Waals surface area contributed by atoms with Crippen LogP contribution in [0.3, 0.4) is 0 Å². The molecule has 1 atom stereocenters. The molecular weight excluding hydrogens is 246 g/mol. The van der Waals surface area contributed by atoms with Crippen LogP contribution in [-0.4, -0.2) is 29.2 Å². The van der Waals surface area contributed by atoms with Gasteiger partial charge in [-0.2, -0.15) is 4.98 Å². The molecule has 1 heterocycles. The number of nitrogens with zero attached hydrogens (tertiary/aromatic N) is 2. The highest BCUT2D eigenvalue weighted by molar-refractivity contribution is 5.79. The Labute approximate surface area is 112 Å². The molecule has 0 radical (unpaired) electrons. The smallest absolute Gasteiger partial charge is 0.228 e. The maximum absolute atomic E-state index is 12.0. The minimum absolute atomic E-state index is 0.00365. The maximum atomic E-state index is 12.0. The van der Waals surface area contributed by atoms with Gasteiger partial charge in [0.15, 0.2) is 5.82 Å². The molecule has 1 amide bonds. The zero-order valence-corrected chi connectivity index (χ0v) is 11.5. The molecule has 6 nitrogen and oxygen atoms in total. The Morgan fingerprint density at radius 3 is 2.95 bits per heavy atom. The third-order valence-electron chi connectivity index (χ3n) is 3.38. The minimum atomic E-state index is 0.00365. The molecule has 1 aromatic rings. The predicted octanol–water partition coefficient (Wildman–Crippen LogP) is 1.45. The van der Waals surface area contributed by atoms with E-state index in [1.54, 1.807) is 7.11 Å². The van der Waals surface area contributed by atoms with Crippen molar-refractivity contribution in [2.45, 2.75) is 51.7 Å². The second-order valence-corrected chi connectivity index (χ2v) is 5.13. The third kappa shape index (κ3) is 4.02. The number of amides is 1. The lowest BCUT2D eigenvalue weighted by atomic mass is 10.1. The highest BCUT2D eigenvalue weighted by atomic mass is 16.5. The number of ether oxygens (including phenoxy) is 1. The Morgan fingerprint density at radius 1 is 1.53 bits per heavy atom. The Bertz CT molecular complexity index is 413. The van der Waals surface area contributed by atoms with E-state index in [1.165, 1.54) is 0 Å². The molecule has 106 valence electrons. The Balaban J connectivity index is 1.79. The number of methoxy groups -OCH3 is 1. The number of hydrogen-bond donors (Lipinski definition) is 1. The first-order valence-corrected chi connectivity index (χ1v) is 6.80. The lowest BCUT2D eigenvalue weighted by molar-refractivity contribution is -0.125. The molecule has 6 heteroatoms. The van der Waals surface area contributed by atoms with E-state index in [0.29, 0.717) is 24.7 Å². The standard InChI is InChI=1S/C13H21N3O3/c1-9(14-13(17)10-5-3-4-6-10)7-12-15-11(8-18-2)16-19-12/h9-10H,3-8H2,1-2H3,(H,14,17)/t9-/m0/s1. The highest BCUT2D eigenvalue weighted by Crippen LogP contribution is 2.24. The van der Waals surface area contributed by atoms with Gasteiger partial charge in [-0.3, -0.25) is 4.79 Å². The largest absolute Gasteiger partial charge is 0.377 e. The van der Waals surface area contributed by atoms with E-state index < -0.39 is 0 Å². The molecule has 1 aliphatic rings. The number of rotatable bonds is 6. The van der Waals surface area contributed by atoms with E-state index in [4.69, 9.17) is 9.26 Å². The lowest BCUT2D eigenvalue weighted by Crippen LogP contribution is -2.37. The van der Waals surface area contributed by atoms with Crippen LogP contribution in [0.5, 0.6) is 0 Å².